The number of allylic oxidation sites excluding steroid dienone is 2. The van der Waals surface area contributed by atoms with Crippen LogP contribution < -0.4 is 24.7 Å². The number of nitrogens with zero attached hydrogens (tertiary/aromatic N) is 1. The minimum atomic E-state index is -0.756. The van der Waals surface area contributed by atoms with Crippen molar-refractivity contribution < 1.29 is 33.2 Å². The van der Waals surface area contributed by atoms with E-state index in [0.717, 1.165) is 0 Å². The van der Waals surface area contributed by atoms with Gasteiger partial charge in [0.25, 0.3) is 0 Å². The SMILES string of the molecule is CCOC(=O)C1=C(C)OC(N)=C(C#N)C1c1ccc(OC)c(COc2ccc3c(c2)OCO3)c1. The Kier molecular flexibility index (Phi) is 6.50. The lowest BCUT2D eigenvalue weighted by molar-refractivity contribution is -0.139. The van der Waals surface area contributed by atoms with Crippen LogP contribution >= 0.6 is 0 Å². The number of carbonyl (C=O) groups is 1. The van der Waals surface area contributed by atoms with E-state index in [4.69, 9.17) is 34.2 Å². The first kappa shape index (κ1) is 22.9. The van der Waals surface area contributed by atoms with Gasteiger partial charge in [-0.2, -0.15) is 5.26 Å². The third-order valence-corrected chi connectivity index (χ3v) is 5.48. The number of hydrogen-bond donors (Lipinski definition) is 1. The van der Waals surface area contributed by atoms with Crippen molar-refractivity contribution in [1.29, 1.82) is 5.26 Å². The van der Waals surface area contributed by atoms with Gasteiger partial charge in [-0.1, -0.05) is 6.07 Å². The molecule has 0 spiro atoms. The van der Waals surface area contributed by atoms with Gasteiger partial charge in [0.2, 0.25) is 12.7 Å². The molecule has 2 aromatic rings. The summed E-state index contributed by atoms with van der Waals surface area (Å²) in [4.78, 5) is 12.8. The molecular weight excluding hydrogens is 440 g/mol. The molecule has 0 amide bonds. The van der Waals surface area contributed by atoms with Crippen molar-refractivity contribution in [2.75, 3.05) is 20.5 Å². The summed E-state index contributed by atoms with van der Waals surface area (Å²) in [6.07, 6.45) is 0. The van der Waals surface area contributed by atoms with Crippen LogP contribution in [0.1, 0.15) is 30.9 Å². The molecule has 34 heavy (non-hydrogen) atoms. The van der Waals surface area contributed by atoms with Crippen molar-refractivity contribution >= 4 is 5.97 Å². The molecule has 2 aromatic carbocycles. The van der Waals surface area contributed by atoms with Crippen LogP contribution in [0, 0.1) is 11.3 Å². The van der Waals surface area contributed by atoms with Crippen LogP contribution in [0.3, 0.4) is 0 Å². The Labute approximate surface area is 196 Å². The van der Waals surface area contributed by atoms with Gasteiger partial charge < -0.3 is 34.2 Å². The standard InChI is InChI=1S/C25H24N2O7/c1-4-30-25(28)22-14(2)34-24(27)18(11-26)23(22)15-5-7-19(29-3)16(9-15)12-31-17-6-8-20-21(10-17)33-13-32-20/h5-10,23H,4,12-13,27H2,1-3H3. The quantitative estimate of drug-likeness (QED) is 0.612. The van der Waals surface area contributed by atoms with Crippen LogP contribution in [0.25, 0.3) is 0 Å². The number of carbonyl (C=O) groups excluding carboxylic acids is 1. The molecule has 0 radical (unpaired) electrons. The third kappa shape index (κ3) is 4.30. The molecule has 9 nitrogen and oxygen atoms in total. The third-order valence-electron chi connectivity index (χ3n) is 5.48. The van der Waals surface area contributed by atoms with Crippen LogP contribution in [0.5, 0.6) is 23.0 Å². The summed E-state index contributed by atoms with van der Waals surface area (Å²) in [5.74, 6) is 1.36. The maximum Gasteiger partial charge on any atom is 0.338 e. The lowest BCUT2D eigenvalue weighted by Crippen LogP contribution is -2.25. The Morgan fingerprint density at radius 1 is 1.21 bits per heavy atom. The molecule has 4 rings (SSSR count). The zero-order valence-electron chi connectivity index (χ0n) is 19.0. The second-order valence-electron chi connectivity index (χ2n) is 7.49. The largest absolute Gasteiger partial charge is 0.496 e. The number of nitriles is 1. The second kappa shape index (κ2) is 9.67. The van der Waals surface area contributed by atoms with Gasteiger partial charge in [0.15, 0.2) is 11.5 Å². The van der Waals surface area contributed by atoms with Crippen molar-refractivity contribution in [3.05, 3.63) is 70.3 Å². The molecule has 176 valence electrons. The predicted octanol–water partition coefficient (Wildman–Crippen LogP) is 3.65. The van der Waals surface area contributed by atoms with Crippen LogP contribution in [-0.4, -0.2) is 26.5 Å². The first-order valence-electron chi connectivity index (χ1n) is 10.6. The highest BCUT2D eigenvalue weighted by atomic mass is 16.7. The highest BCUT2D eigenvalue weighted by molar-refractivity contribution is 5.92. The molecule has 2 aliphatic heterocycles. The molecule has 9 heteroatoms. The average molecular weight is 464 g/mol. The zero-order valence-corrected chi connectivity index (χ0v) is 19.0. The number of methoxy groups -OCH3 is 1. The van der Waals surface area contributed by atoms with Crippen LogP contribution in [0.15, 0.2) is 59.2 Å². The summed E-state index contributed by atoms with van der Waals surface area (Å²) in [5.41, 5.74) is 7.70. The summed E-state index contributed by atoms with van der Waals surface area (Å²) < 4.78 is 32.9. The Morgan fingerprint density at radius 2 is 2.00 bits per heavy atom. The van der Waals surface area contributed by atoms with Gasteiger partial charge in [0.1, 0.15) is 35.5 Å². The second-order valence-corrected chi connectivity index (χ2v) is 7.49. The van der Waals surface area contributed by atoms with Crippen molar-refractivity contribution in [1.82, 2.24) is 0 Å². The van der Waals surface area contributed by atoms with E-state index in [-0.39, 0.29) is 42.8 Å². The van der Waals surface area contributed by atoms with Gasteiger partial charge in [-0.25, -0.2) is 4.79 Å². The Bertz CT molecular complexity index is 1230. The maximum atomic E-state index is 12.8. The Morgan fingerprint density at radius 3 is 2.74 bits per heavy atom. The van der Waals surface area contributed by atoms with Crippen LogP contribution in [0.2, 0.25) is 0 Å². The number of nitrogens with two attached hydrogens (primary N) is 1. The Balaban J connectivity index is 1.69. The van der Waals surface area contributed by atoms with E-state index < -0.39 is 11.9 Å². The van der Waals surface area contributed by atoms with Gasteiger partial charge in [0, 0.05) is 11.6 Å². The first-order valence-corrected chi connectivity index (χ1v) is 10.6. The lowest BCUT2D eigenvalue weighted by atomic mass is 9.82. The highest BCUT2D eigenvalue weighted by Crippen LogP contribution is 2.41. The maximum absolute atomic E-state index is 12.8. The minimum Gasteiger partial charge on any atom is -0.496 e. The van der Waals surface area contributed by atoms with Gasteiger partial charge >= 0.3 is 5.97 Å². The van der Waals surface area contributed by atoms with E-state index in [2.05, 4.69) is 6.07 Å². The topological polar surface area (TPSA) is 122 Å². The normalized spacial score (nSPS) is 16.6. The number of fused-ring (bicyclic) bond motifs is 1. The van der Waals surface area contributed by atoms with Crippen molar-refractivity contribution in [3.8, 4) is 29.1 Å². The summed E-state index contributed by atoms with van der Waals surface area (Å²) >= 11 is 0. The molecular formula is C25H24N2O7. The Hall–Kier alpha value is -4.32. The summed E-state index contributed by atoms with van der Waals surface area (Å²) in [7, 11) is 1.56. The van der Waals surface area contributed by atoms with Gasteiger partial charge in [-0.15, -0.1) is 0 Å². The van der Waals surface area contributed by atoms with E-state index in [0.29, 0.717) is 34.1 Å². The van der Waals surface area contributed by atoms with E-state index in [1.165, 1.54) is 0 Å². The fraction of sp³-hybridized carbons (Fsp3) is 0.280. The van der Waals surface area contributed by atoms with E-state index in [9.17, 15) is 10.1 Å². The van der Waals surface area contributed by atoms with Gasteiger partial charge in [-0.3, -0.25) is 0 Å². The van der Waals surface area contributed by atoms with Gasteiger partial charge in [-0.05, 0) is 43.7 Å². The van der Waals surface area contributed by atoms with Crippen molar-refractivity contribution in [2.45, 2.75) is 26.4 Å². The fourth-order valence-corrected chi connectivity index (χ4v) is 3.91. The van der Waals surface area contributed by atoms with Crippen LogP contribution in [-0.2, 0) is 20.9 Å². The number of hydrogen-bond acceptors (Lipinski definition) is 9. The van der Waals surface area contributed by atoms with Gasteiger partial charge in [0.05, 0.1) is 25.2 Å². The lowest BCUT2D eigenvalue weighted by Gasteiger charge is -2.27. The molecule has 0 saturated heterocycles. The van der Waals surface area contributed by atoms with Crippen molar-refractivity contribution in [3.63, 3.8) is 0 Å². The van der Waals surface area contributed by atoms with E-state index >= 15 is 0 Å². The monoisotopic (exact) mass is 464 g/mol. The molecule has 2 aliphatic rings. The number of ether oxygens (including phenoxy) is 6. The number of esters is 1. The molecule has 2 heterocycles. The van der Waals surface area contributed by atoms with Crippen LogP contribution in [0.4, 0.5) is 0 Å². The molecule has 0 bridgehead atoms. The summed E-state index contributed by atoms with van der Waals surface area (Å²) in [5, 5.41) is 9.79. The minimum absolute atomic E-state index is 0.0490. The molecule has 1 atom stereocenters. The predicted molar refractivity (Wildman–Crippen MR) is 120 cm³/mol. The molecule has 0 aliphatic carbocycles. The molecule has 1 unspecified atom stereocenters. The zero-order chi connectivity index (χ0) is 24.2. The molecule has 0 fully saturated rings. The molecule has 2 N–H and O–H groups in total. The molecule has 0 aromatic heterocycles. The summed E-state index contributed by atoms with van der Waals surface area (Å²) in [6.45, 7) is 3.85. The first-order chi connectivity index (χ1) is 16.5. The average Bonchev–Trinajstić information content (AvgIpc) is 3.30. The molecule has 0 saturated carbocycles. The number of rotatable bonds is 7. The number of benzene rings is 2. The fourth-order valence-electron chi connectivity index (χ4n) is 3.91. The summed E-state index contributed by atoms with van der Waals surface area (Å²) in [6, 6.07) is 12.7. The van der Waals surface area contributed by atoms with Crippen molar-refractivity contribution in [2.24, 2.45) is 5.73 Å². The van der Waals surface area contributed by atoms with E-state index in [1.807, 2.05) is 6.07 Å². The highest BCUT2D eigenvalue weighted by Gasteiger charge is 2.36. The van der Waals surface area contributed by atoms with E-state index in [1.54, 1.807) is 51.3 Å². The smallest absolute Gasteiger partial charge is 0.338 e.